The molecule has 0 spiro atoms. The molecule has 0 saturated heterocycles. The van der Waals surface area contributed by atoms with Crippen LogP contribution < -0.4 is 0 Å². The van der Waals surface area contributed by atoms with Crippen LogP contribution in [0.25, 0.3) is 6.08 Å². The van der Waals surface area contributed by atoms with Crippen LogP contribution in [0.5, 0.6) is 0 Å². The van der Waals surface area contributed by atoms with E-state index in [1.165, 1.54) is 11.3 Å². The van der Waals surface area contributed by atoms with Crippen molar-refractivity contribution in [1.29, 1.82) is 0 Å². The Morgan fingerprint density at radius 2 is 2.33 bits per heavy atom. The highest BCUT2D eigenvalue weighted by Gasteiger charge is 2.06. The summed E-state index contributed by atoms with van der Waals surface area (Å²) in [4.78, 5) is 13.8. The van der Waals surface area contributed by atoms with Gasteiger partial charge in [0.2, 0.25) is 0 Å². The van der Waals surface area contributed by atoms with Crippen LogP contribution in [0.1, 0.15) is 27.2 Å². The zero-order chi connectivity index (χ0) is 13.1. The number of allylic oxidation sites excluding steroid dienone is 1. The highest BCUT2D eigenvalue weighted by molar-refractivity contribution is 9.10. The quantitative estimate of drug-likeness (QED) is 0.630. The minimum Gasteiger partial charge on any atom is -0.288 e. The molecule has 0 saturated carbocycles. The van der Waals surface area contributed by atoms with Gasteiger partial charge in [-0.2, -0.15) is 5.10 Å². The summed E-state index contributed by atoms with van der Waals surface area (Å²) in [7, 11) is 0. The Morgan fingerprint density at radius 3 is 2.89 bits per heavy atom. The second-order valence-corrected chi connectivity index (χ2v) is 5.97. The van der Waals surface area contributed by atoms with E-state index in [0.717, 1.165) is 26.5 Å². The minimum atomic E-state index is 0.0195. The van der Waals surface area contributed by atoms with Gasteiger partial charge in [0, 0.05) is 17.6 Å². The Morgan fingerprint density at radius 1 is 1.56 bits per heavy atom. The summed E-state index contributed by atoms with van der Waals surface area (Å²) in [5.41, 5.74) is 0.776. The standard InChI is InChI=1S/C13H13BrN2OS/c1-3-16-8-10(14)11(15-16)5-6-12(17)13-7-4-9(2)18-13/h4-8H,3H2,1-2H3/b6-5+. The van der Waals surface area contributed by atoms with E-state index < -0.39 is 0 Å². The van der Waals surface area contributed by atoms with E-state index >= 15 is 0 Å². The molecule has 2 heterocycles. The second kappa shape index (κ2) is 5.63. The lowest BCUT2D eigenvalue weighted by Crippen LogP contribution is -1.94. The van der Waals surface area contributed by atoms with E-state index in [4.69, 9.17) is 0 Å². The van der Waals surface area contributed by atoms with E-state index in [0.29, 0.717) is 0 Å². The van der Waals surface area contributed by atoms with Crippen molar-refractivity contribution in [3.8, 4) is 0 Å². The predicted octanol–water partition coefficient (Wildman–Crippen LogP) is 3.93. The number of thiophene rings is 1. The van der Waals surface area contributed by atoms with Crippen molar-refractivity contribution in [2.45, 2.75) is 20.4 Å². The van der Waals surface area contributed by atoms with Crippen molar-refractivity contribution < 1.29 is 4.79 Å². The number of rotatable bonds is 4. The minimum absolute atomic E-state index is 0.0195. The number of carbonyl (C=O) groups excluding carboxylic acids is 1. The molecule has 94 valence electrons. The van der Waals surface area contributed by atoms with Crippen molar-refractivity contribution in [3.63, 3.8) is 0 Å². The molecule has 0 bridgehead atoms. The van der Waals surface area contributed by atoms with Gasteiger partial charge in [0.15, 0.2) is 5.78 Å². The Kier molecular flexibility index (Phi) is 4.14. The fourth-order valence-corrected chi connectivity index (χ4v) is 2.73. The Labute approximate surface area is 118 Å². The van der Waals surface area contributed by atoms with Gasteiger partial charge < -0.3 is 0 Å². The number of hydrogen-bond acceptors (Lipinski definition) is 3. The van der Waals surface area contributed by atoms with Crippen molar-refractivity contribution in [2.24, 2.45) is 0 Å². The van der Waals surface area contributed by atoms with Gasteiger partial charge in [-0.05, 0) is 54.1 Å². The lowest BCUT2D eigenvalue weighted by atomic mass is 10.2. The number of aryl methyl sites for hydroxylation is 2. The van der Waals surface area contributed by atoms with Crippen LogP contribution >= 0.6 is 27.3 Å². The van der Waals surface area contributed by atoms with Gasteiger partial charge in [-0.25, -0.2) is 0 Å². The maximum atomic E-state index is 11.9. The second-order valence-electron chi connectivity index (χ2n) is 3.83. The van der Waals surface area contributed by atoms with Crippen LogP contribution in [0.15, 0.2) is 28.9 Å². The molecule has 0 N–H and O–H groups in total. The first-order valence-electron chi connectivity index (χ1n) is 5.62. The van der Waals surface area contributed by atoms with Crippen molar-refractivity contribution in [1.82, 2.24) is 9.78 Å². The molecule has 0 aromatic carbocycles. The summed E-state index contributed by atoms with van der Waals surface area (Å²) in [6.07, 6.45) is 5.21. The number of halogens is 1. The summed E-state index contributed by atoms with van der Waals surface area (Å²) < 4.78 is 2.72. The molecule has 18 heavy (non-hydrogen) atoms. The average Bonchev–Trinajstić information content (AvgIpc) is 2.92. The van der Waals surface area contributed by atoms with Gasteiger partial charge in [0.1, 0.15) is 0 Å². The molecule has 2 rings (SSSR count). The number of hydrogen-bond donors (Lipinski definition) is 0. The first-order chi connectivity index (χ1) is 8.60. The summed E-state index contributed by atoms with van der Waals surface area (Å²) in [6, 6.07) is 3.81. The van der Waals surface area contributed by atoms with Crippen LogP contribution in [0.2, 0.25) is 0 Å². The molecule has 0 fully saturated rings. The van der Waals surface area contributed by atoms with Crippen LogP contribution in [0, 0.1) is 6.92 Å². The molecular weight excluding hydrogens is 312 g/mol. The van der Waals surface area contributed by atoms with Crippen LogP contribution in [-0.4, -0.2) is 15.6 Å². The number of carbonyl (C=O) groups is 1. The molecule has 0 aliphatic heterocycles. The van der Waals surface area contributed by atoms with Crippen LogP contribution in [0.3, 0.4) is 0 Å². The van der Waals surface area contributed by atoms with E-state index in [2.05, 4.69) is 21.0 Å². The van der Waals surface area contributed by atoms with Crippen LogP contribution in [0.4, 0.5) is 0 Å². The SMILES string of the molecule is CCn1cc(Br)c(/C=C/C(=O)c2ccc(C)s2)n1. The van der Waals surface area contributed by atoms with Crippen LogP contribution in [-0.2, 0) is 6.54 Å². The van der Waals surface area contributed by atoms with Gasteiger partial charge in [0.05, 0.1) is 15.0 Å². The first kappa shape index (κ1) is 13.2. The third-order valence-electron chi connectivity index (χ3n) is 2.44. The average molecular weight is 325 g/mol. The van der Waals surface area contributed by atoms with E-state index in [1.54, 1.807) is 12.2 Å². The normalized spacial score (nSPS) is 11.3. The highest BCUT2D eigenvalue weighted by atomic mass is 79.9. The highest BCUT2D eigenvalue weighted by Crippen LogP contribution is 2.19. The summed E-state index contributed by atoms with van der Waals surface area (Å²) in [5, 5.41) is 4.33. The monoisotopic (exact) mass is 324 g/mol. The fraction of sp³-hybridized carbons (Fsp3) is 0.231. The topological polar surface area (TPSA) is 34.9 Å². The van der Waals surface area contributed by atoms with Crippen molar-refractivity contribution >= 4 is 39.1 Å². The third-order valence-corrected chi connectivity index (χ3v) is 4.07. The maximum Gasteiger partial charge on any atom is 0.195 e. The molecule has 0 amide bonds. The summed E-state index contributed by atoms with van der Waals surface area (Å²) in [6.45, 7) is 4.82. The van der Waals surface area contributed by atoms with Gasteiger partial charge in [0.25, 0.3) is 0 Å². The largest absolute Gasteiger partial charge is 0.288 e. The lowest BCUT2D eigenvalue weighted by Gasteiger charge is -1.90. The summed E-state index contributed by atoms with van der Waals surface area (Å²) in [5.74, 6) is 0.0195. The van der Waals surface area contributed by atoms with Gasteiger partial charge in [-0.15, -0.1) is 11.3 Å². The van der Waals surface area contributed by atoms with E-state index in [9.17, 15) is 4.79 Å². The molecule has 5 heteroatoms. The Bertz CT molecular complexity index is 598. The zero-order valence-corrected chi connectivity index (χ0v) is 12.6. The number of aromatic nitrogens is 2. The Balaban J connectivity index is 2.15. The fourth-order valence-electron chi connectivity index (χ4n) is 1.49. The van der Waals surface area contributed by atoms with Crippen molar-refractivity contribution in [2.75, 3.05) is 0 Å². The van der Waals surface area contributed by atoms with Gasteiger partial charge >= 0.3 is 0 Å². The molecule has 2 aromatic heterocycles. The lowest BCUT2D eigenvalue weighted by molar-refractivity contribution is 0.105. The van der Waals surface area contributed by atoms with E-state index in [1.807, 2.05) is 36.9 Å². The first-order valence-corrected chi connectivity index (χ1v) is 7.23. The molecular formula is C13H13BrN2OS. The molecule has 2 aromatic rings. The molecule has 0 radical (unpaired) electrons. The molecule has 0 aliphatic rings. The van der Waals surface area contributed by atoms with Gasteiger partial charge in [-0.1, -0.05) is 0 Å². The maximum absolute atomic E-state index is 11.9. The number of ketones is 1. The molecule has 0 atom stereocenters. The smallest absolute Gasteiger partial charge is 0.195 e. The van der Waals surface area contributed by atoms with E-state index in [-0.39, 0.29) is 5.78 Å². The molecule has 3 nitrogen and oxygen atoms in total. The number of nitrogens with zero attached hydrogens (tertiary/aromatic N) is 2. The predicted molar refractivity (Wildman–Crippen MR) is 78.0 cm³/mol. The third kappa shape index (κ3) is 2.97. The molecule has 0 unspecified atom stereocenters. The molecule has 0 aliphatic carbocycles. The summed E-state index contributed by atoms with van der Waals surface area (Å²) >= 11 is 4.93. The van der Waals surface area contributed by atoms with Gasteiger partial charge in [-0.3, -0.25) is 9.48 Å². The zero-order valence-electron chi connectivity index (χ0n) is 10.2. The van der Waals surface area contributed by atoms with Crippen molar-refractivity contribution in [3.05, 3.63) is 44.3 Å². The Hall–Kier alpha value is -1.20.